The summed E-state index contributed by atoms with van der Waals surface area (Å²) in [6.07, 6.45) is 0. The molecule has 0 amide bonds. The standard InChI is InChI=1S/C14H15ClN2O/c1-9-3-4-13(15)14(5-9)17-11-6-10(16)7-12(8-11)18-2/h3-8,17H,16H2,1-2H3. The molecular weight excluding hydrogens is 248 g/mol. The van der Waals surface area contributed by atoms with Gasteiger partial charge in [-0.15, -0.1) is 0 Å². The quantitative estimate of drug-likeness (QED) is 0.823. The van der Waals surface area contributed by atoms with Gasteiger partial charge in [0.05, 0.1) is 17.8 Å². The molecule has 0 saturated heterocycles. The smallest absolute Gasteiger partial charge is 0.122 e. The van der Waals surface area contributed by atoms with Gasteiger partial charge in [0.2, 0.25) is 0 Å². The molecule has 0 bridgehead atoms. The first kappa shape index (κ1) is 12.6. The summed E-state index contributed by atoms with van der Waals surface area (Å²) < 4.78 is 5.17. The predicted octanol–water partition coefficient (Wildman–Crippen LogP) is 3.98. The van der Waals surface area contributed by atoms with E-state index in [2.05, 4.69) is 5.32 Å². The lowest BCUT2D eigenvalue weighted by Crippen LogP contribution is -1.95. The Morgan fingerprint density at radius 2 is 1.94 bits per heavy atom. The van der Waals surface area contributed by atoms with Crippen molar-refractivity contribution in [1.29, 1.82) is 0 Å². The van der Waals surface area contributed by atoms with E-state index in [0.29, 0.717) is 16.5 Å². The summed E-state index contributed by atoms with van der Waals surface area (Å²) in [7, 11) is 1.61. The second kappa shape index (κ2) is 5.19. The molecule has 94 valence electrons. The first-order valence-corrected chi connectivity index (χ1v) is 5.94. The summed E-state index contributed by atoms with van der Waals surface area (Å²) in [5.74, 6) is 0.710. The fraction of sp³-hybridized carbons (Fsp3) is 0.143. The normalized spacial score (nSPS) is 10.2. The summed E-state index contributed by atoms with van der Waals surface area (Å²) >= 11 is 6.13. The highest BCUT2D eigenvalue weighted by molar-refractivity contribution is 6.33. The summed E-state index contributed by atoms with van der Waals surface area (Å²) in [5, 5.41) is 3.91. The number of hydrogen-bond acceptors (Lipinski definition) is 3. The van der Waals surface area contributed by atoms with Crippen LogP contribution in [0.1, 0.15) is 5.56 Å². The molecule has 0 aliphatic carbocycles. The van der Waals surface area contributed by atoms with Gasteiger partial charge in [-0.25, -0.2) is 0 Å². The van der Waals surface area contributed by atoms with E-state index in [9.17, 15) is 0 Å². The van der Waals surface area contributed by atoms with Gasteiger partial charge in [-0.05, 0) is 30.7 Å². The second-order valence-corrected chi connectivity index (χ2v) is 4.51. The minimum atomic E-state index is 0.639. The van der Waals surface area contributed by atoms with Crippen LogP contribution in [0.3, 0.4) is 0 Å². The fourth-order valence-electron chi connectivity index (χ4n) is 1.70. The number of halogens is 1. The Morgan fingerprint density at radius 1 is 1.17 bits per heavy atom. The minimum Gasteiger partial charge on any atom is -0.497 e. The zero-order chi connectivity index (χ0) is 13.1. The molecule has 2 aromatic carbocycles. The molecule has 2 rings (SSSR count). The molecule has 18 heavy (non-hydrogen) atoms. The number of nitrogen functional groups attached to an aromatic ring is 1. The molecule has 0 unspecified atom stereocenters. The van der Waals surface area contributed by atoms with E-state index in [1.165, 1.54) is 0 Å². The number of aryl methyl sites for hydroxylation is 1. The highest BCUT2D eigenvalue weighted by Crippen LogP contribution is 2.29. The topological polar surface area (TPSA) is 47.3 Å². The summed E-state index contributed by atoms with van der Waals surface area (Å²) in [6.45, 7) is 2.02. The van der Waals surface area contributed by atoms with E-state index in [0.717, 1.165) is 16.9 Å². The van der Waals surface area contributed by atoms with Crippen LogP contribution in [0.25, 0.3) is 0 Å². The largest absolute Gasteiger partial charge is 0.497 e. The highest BCUT2D eigenvalue weighted by atomic mass is 35.5. The van der Waals surface area contributed by atoms with Gasteiger partial charge in [-0.1, -0.05) is 17.7 Å². The molecule has 0 fully saturated rings. The van der Waals surface area contributed by atoms with Crippen molar-refractivity contribution < 1.29 is 4.74 Å². The average molecular weight is 263 g/mol. The third-order valence-corrected chi connectivity index (χ3v) is 2.90. The Kier molecular flexibility index (Phi) is 3.63. The molecule has 0 radical (unpaired) electrons. The Hall–Kier alpha value is -1.87. The fourth-order valence-corrected chi connectivity index (χ4v) is 1.87. The molecule has 2 aromatic rings. The zero-order valence-corrected chi connectivity index (χ0v) is 11.1. The van der Waals surface area contributed by atoms with Gasteiger partial charge in [0.1, 0.15) is 5.75 Å². The molecule has 3 N–H and O–H groups in total. The van der Waals surface area contributed by atoms with Crippen molar-refractivity contribution in [3.63, 3.8) is 0 Å². The van der Waals surface area contributed by atoms with Gasteiger partial charge < -0.3 is 15.8 Å². The van der Waals surface area contributed by atoms with Crippen molar-refractivity contribution in [2.24, 2.45) is 0 Å². The molecule has 4 heteroatoms. The lowest BCUT2D eigenvalue weighted by Gasteiger charge is -2.11. The number of methoxy groups -OCH3 is 1. The van der Waals surface area contributed by atoms with Crippen LogP contribution in [-0.2, 0) is 0 Å². The first-order valence-electron chi connectivity index (χ1n) is 5.56. The van der Waals surface area contributed by atoms with E-state index < -0.39 is 0 Å². The van der Waals surface area contributed by atoms with Gasteiger partial charge >= 0.3 is 0 Å². The van der Waals surface area contributed by atoms with E-state index in [1.807, 2.05) is 37.3 Å². The van der Waals surface area contributed by atoms with Gasteiger partial charge in [-0.2, -0.15) is 0 Å². The Balaban J connectivity index is 2.33. The summed E-state index contributed by atoms with van der Waals surface area (Å²) in [5.41, 5.74) is 9.28. The second-order valence-electron chi connectivity index (χ2n) is 4.10. The SMILES string of the molecule is COc1cc(N)cc(Nc2cc(C)ccc2Cl)c1. The predicted molar refractivity (Wildman–Crippen MR) is 76.9 cm³/mol. The third-order valence-electron chi connectivity index (χ3n) is 2.57. The zero-order valence-electron chi connectivity index (χ0n) is 10.3. The molecule has 0 aliphatic rings. The van der Waals surface area contributed by atoms with E-state index in [1.54, 1.807) is 13.2 Å². The van der Waals surface area contributed by atoms with Crippen LogP contribution >= 0.6 is 11.6 Å². The van der Waals surface area contributed by atoms with Gasteiger partial charge in [0, 0.05) is 23.5 Å². The highest BCUT2D eigenvalue weighted by Gasteiger charge is 2.03. The number of nitrogens with two attached hydrogens (primary N) is 1. The molecule has 3 nitrogen and oxygen atoms in total. The van der Waals surface area contributed by atoms with E-state index >= 15 is 0 Å². The lowest BCUT2D eigenvalue weighted by atomic mass is 10.2. The number of ether oxygens (including phenoxy) is 1. The number of nitrogens with one attached hydrogen (secondary N) is 1. The average Bonchev–Trinajstić information content (AvgIpc) is 2.33. The molecule has 0 aliphatic heterocycles. The summed E-state index contributed by atoms with van der Waals surface area (Å²) in [4.78, 5) is 0. The maximum Gasteiger partial charge on any atom is 0.122 e. The van der Waals surface area contributed by atoms with Crippen LogP contribution in [-0.4, -0.2) is 7.11 Å². The number of hydrogen-bond donors (Lipinski definition) is 2. The van der Waals surface area contributed by atoms with Crippen LogP contribution in [0.4, 0.5) is 17.1 Å². The Labute approximate surface area is 112 Å². The van der Waals surface area contributed by atoms with Crippen LogP contribution in [0, 0.1) is 6.92 Å². The van der Waals surface area contributed by atoms with Crippen molar-refractivity contribution in [1.82, 2.24) is 0 Å². The van der Waals surface area contributed by atoms with Crippen LogP contribution < -0.4 is 15.8 Å². The lowest BCUT2D eigenvalue weighted by molar-refractivity contribution is 0.415. The molecular formula is C14H15ClN2O. The first-order chi connectivity index (χ1) is 8.58. The number of rotatable bonds is 3. The monoisotopic (exact) mass is 262 g/mol. The van der Waals surface area contributed by atoms with Crippen LogP contribution in [0.5, 0.6) is 5.75 Å². The number of benzene rings is 2. The molecule has 0 aromatic heterocycles. The van der Waals surface area contributed by atoms with Crippen molar-refractivity contribution in [2.75, 3.05) is 18.2 Å². The van der Waals surface area contributed by atoms with Crippen LogP contribution in [0.2, 0.25) is 5.02 Å². The van der Waals surface area contributed by atoms with Gasteiger partial charge in [-0.3, -0.25) is 0 Å². The van der Waals surface area contributed by atoms with E-state index in [-0.39, 0.29) is 0 Å². The van der Waals surface area contributed by atoms with Crippen molar-refractivity contribution >= 4 is 28.7 Å². The molecule has 0 atom stereocenters. The number of anilines is 3. The molecule has 0 saturated carbocycles. The molecule has 0 heterocycles. The maximum atomic E-state index is 6.13. The Morgan fingerprint density at radius 3 is 2.67 bits per heavy atom. The van der Waals surface area contributed by atoms with Crippen molar-refractivity contribution in [2.45, 2.75) is 6.92 Å². The maximum absolute atomic E-state index is 6.13. The Bertz CT molecular complexity index is 570. The van der Waals surface area contributed by atoms with Crippen LogP contribution in [0.15, 0.2) is 36.4 Å². The third kappa shape index (κ3) is 2.87. The van der Waals surface area contributed by atoms with Gasteiger partial charge in [0.15, 0.2) is 0 Å². The van der Waals surface area contributed by atoms with Crippen molar-refractivity contribution in [3.05, 3.63) is 47.0 Å². The summed E-state index contributed by atoms with van der Waals surface area (Å²) in [6, 6.07) is 11.3. The molecule has 0 spiro atoms. The van der Waals surface area contributed by atoms with Crippen molar-refractivity contribution in [3.8, 4) is 5.75 Å². The minimum absolute atomic E-state index is 0.639. The van der Waals surface area contributed by atoms with Gasteiger partial charge in [0.25, 0.3) is 0 Å². The van der Waals surface area contributed by atoms with E-state index in [4.69, 9.17) is 22.1 Å².